The Hall–Kier alpha value is -3.09. The van der Waals surface area contributed by atoms with Gasteiger partial charge >= 0.3 is 5.97 Å². The van der Waals surface area contributed by atoms with Crippen molar-refractivity contribution in [2.24, 2.45) is 4.99 Å². The van der Waals surface area contributed by atoms with Crippen molar-refractivity contribution in [3.05, 3.63) is 58.4 Å². The number of halogens is 1. The third kappa shape index (κ3) is 3.28. The summed E-state index contributed by atoms with van der Waals surface area (Å²) in [6.45, 7) is 13.6. The maximum absolute atomic E-state index is 15.0. The molecule has 0 bridgehead atoms. The van der Waals surface area contributed by atoms with Gasteiger partial charge in [0.15, 0.2) is 18.0 Å². The van der Waals surface area contributed by atoms with Gasteiger partial charge in [-0.05, 0) is 33.6 Å². The lowest BCUT2D eigenvalue weighted by atomic mass is 9.67. The van der Waals surface area contributed by atoms with E-state index >= 15 is 4.39 Å². The molecule has 0 fully saturated rings. The smallest absolute Gasteiger partial charge is 0.343 e. The molecule has 2 aliphatic rings. The van der Waals surface area contributed by atoms with Crippen LogP contribution in [0, 0.1) is 5.82 Å². The van der Waals surface area contributed by atoms with Crippen molar-refractivity contribution in [1.82, 2.24) is 0 Å². The van der Waals surface area contributed by atoms with Crippen LogP contribution < -0.4 is 4.74 Å². The molecule has 0 radical (unpaired) electrons. The molecule has 2 aliphatic heterocycles. The first-order valence-electron chi connectivity index (χ1n) is 11.3. The van der Waals surface area contributed by atoms with Gasteiger partial charge in [0.1, 0.15) is 5.75 Å². The predicted octanol–water partition coefficient (Wildman–Crippen LogP) is 5.34. The monoisotopic (exact) mass is 469 g/mol. The maximum Gasteiger partial charge on any atom is 0.343 e. The van der Waals surface area contributed by atoms with Crippen molar-refractivity contribution in [2.45, 2.75) is 76.5 Å². The van der Waals surface area contributed by atoms with Crippen LogP contribution in [0.25, 0.3) is 0 Å². The van der Waals surface area contributed by atoms with Crippen molar-refractivity contribution < 1.29 is 28.5 Å². The normalized spacial score (nSPS) is 25.7. The SMILES string of the molecule is COC(=O)[C@]12N=CO[C@@]1(C)Oc1c(F)cccc1[C@H]2c1cc(C(C)(C)C)c(O)c(C(C)(C)C)c1. The number of phenols is 1. The lowest BCUT2D eigenvalue weighted by Crippen LogP contribution is -2.64. The summed E-state index contributed by atoms with van der Waals surface area (Å²) in [6.07, 6.45) is 1.17. The van der Waals surface area contributed by atoms with Crippen LogP contribution in [-0.2, 0) is 25.1 Å². The summed E-state index contributed by atoms with van der Waals surface area (Å²) < 4.78 is 32.0. The lowest BCUT2D eigenvalue weighted by molar-refractivity contribution is -0.186. The number of benzene rings is 2. The van der Waals surface area contributed by atoms with Crippen LogP contribution in [0.5, 0.6) is 11.5 Å². The molecule has 2 aromatic carbocycles. The van der Waals surface area contributed by atoms with E-state index in [-0.39, 0.29) is 11.5 Å². The lowest BCUT2D eigenvalue weighted by Gasteiger charge is -2.47. The molecule has 0 aliphatic carbocycles. The van der Waals surface area contributed by atoms with Crippen LogP contribution >= 0.6 is 0 Å². The third-order valence-electron chi connectivity index (χ3n) is 6.83. The molecule has 34 heavy (non-hydrogen) atoms. The van der Waals surface area contributed by atoms with E-state index in [4.69, 9.17) is 14.2 Å². The molecule has 0 unspecified atom stereocenters. The fraction of sp³-hybridized carbons (Fsp3) is 0.481. The molecule has 2 aromatic rings. The topological polar surface area (TPSA) is 77.4 Å². The number of fused-ring (bicyclic) bond motifs is 2. The number of aliphatic imine (C=N–C) groups is 1. The summed E-state index contributed by atoms with van der Waals surface area (Å²) in [4.78, 5) is 17.9. The Morgan fingerprint density at radius 1 is 1.12 bits per heavy atom. The number of carbonyl (C=O) groups is 1. The highest BCUT2D eigenvalue weighted by atomic mass is 19.1. The van der Waals surface area contributed by atoms with Crippen LogP contribution in [0.2, 0.25) is 0 Å². The molecule has 0 aromatic heterocycles. The van der Waals surface area contributed by atoms with E-state index in [1.54, 1.807) is 19.1 Å². The van der Waals surface area contributed by atoms with Gasteiger partial charge in [-0.3, -0.25) is 0 Å². The fourth-order valence-corrected chi connectivity index (χ4v) is 5.04. The number of carbonyl (C=O) groups excluding carboxylic acids is 1. The van der Waals surface area contributed by atoms with Gasteiger partial charge in [0.2, 0.25) is 5.54 Å². The molecule has 6 nitrogen and oxygen atoms in total. The molecule has 1 N–H and O–H groups in total. The third-order valence-corrected chi connectivity index (χ3v) is 6.83. The first kappa shape index (κ1) is 24.0. The van der Waals surface area contributed by atoms with E-state index in [9.17, 15) is 9.90 Å². The molecule has 182 valence electrons. The quantitative estimate of drug-likeness (QED) is 0.601. The fourth-order valence-electron chi connectivity index (χ4n) is 5.04. The summed E-state index contributed by atoms with van der Waals surface area (Å²) in [5, 5.41) is 11.2. The average molecular weight is 470 g/mol. The van der Waals surface area contributed by atoms with Gasteiger partial charge in [-0.15, -0.1) is 0 Å². The highest BCUT2D eigenvalue weighted by Crippen LogP contribution is 2.57. The summed E-state index contributed by atoms with van der Waals surface area (Å²) >= 11 is 0. The zero-order chi connectivity index (χ0) is 25.3. The minimum absolute atomic E-state index is 0.00252. The number of aromatic hydroxyl groups is 1. The second-order valence-corrected chi connectivity index (χ2v) is 11.2. The van der Waals surface area contributed by atoms with Crippen molar-refractivity contribution in [2.75, 3.05) is 7.11 Å². The minimum Gasteiger partial charge on any atom is -0.507 e. The van der Waals surface area contributed by atoms with Crippen LogP contribution in [0.1, 0.15) is 76.6 Å². The number of phenolic OH excluding ortho intramolecular Hbond substituents is 1. The molecular formula is C27H32FNO5. The number of ether oxygens (including phenoxy) is 3. The largest absolute Gasteiger partial charge is 0.507 e. The van der Waals surface area contributed by atoms with E-state index in [0.29, 0.717) is 22.3 Å². The summed E-state index contributed by atoms with van der Waals surface area (Å²) in [6, 6.07) is 8.34. The summed E-state index contributed by atoms with van der Waals surface area (Å²) in [7, 11) is 1.28. The number of esters is 1. The Morgan fingerprint density at radius 2 is 1.71 bits per heavy atom. The second-order valence-electron chi connectivity index (χ2n) is 11.2. The molecule has 2 heterocycles. The molecule has 0 saturated heterocycles. The Bertz CT molecular complexity index is 1160. The Morgan fingerprint density at radius 3 is 2.24 bits per heavy atom. The summed E-state index contributed by atoms with van der Waals surface area (Å²) in [5.74, 6) is -3.46. The predicted molar refractivity (Wildman–Crippen MR) is 127 cm³/mol. The van der Waals surface area contributed by atoms with E-state index in [0.717, 1.165) is 0 Å². The maximum atomic E-state index is 15.0. The number of nitrogens with zero attached hydrogens (tertiary/aromatic N) is 1. The molecule has 0 spiro atoms. The minimum atomic E-state index is -1.66. The number of rotatable bonds is 2. The first-order valence-corrected chi connectivity index (χ1v) is 11.3. The zero-order valence-electron chi connectivity index (χ0n) is 20.9. The summed E-state index contributed by atoms with van der Waals surface area (Å²) in [5.41, 5.74) is 0.0792. The van der Waals surface area contributed by atoms with E-state index in [2.05, 4.69) is 4.99 Å². The van der Waals surface area contributed by atoms with Crippen LogP contribution in [-0.4, -0.2) is 35.9 Å². The van der Waals surface area contributed by atoms with Gasteiger partial charge in [-0.2, -0.15) is 0 Å². The van der Waals surface area contributed by atoms with Crippen LogP contribution in [0.4, 0.5) is 4.39 Å². The van der Waals surface area contributed by atoms with Crippen molar-refractivity contribution >= 4 is 12.4 Å². The number of hydrogen-bond donors (Lipinski definition) is 1. The number of methoxy groups -OCH3 is 1. The standard InChI is InChI=1S/C27H32FNO5/c1-24(2,3)17-12-15(13-18(21(17)30)25(4,5)6)20-16-10-9-11-19(28)22(16)34-26(7)27(20,23(31)32-8)29-14-33-26/h9-14,20,30H,1-8H3/t20-,26+,27+/m1/s1. The molecular weight excluding hydrogens is 437 g/mol. The van der Waals surface area contributed by atoms with Crippen molar-refractivity contribution in [3.8, 4) is 11.5 Å². The zero-order valence-corrected chi connectivity index (χ0v) is 20.9. The molecule has 7 heteroatoms. The van der Waals surface area contributed by atoms with Gasteiger partial charge in [-0.25, -0.2) is 14.2 Å². The van der Waals surface area contributed by atoms with Crippen molar-refractivity contribution in [3.63, 3.8) is 0 Å². The molecule has 0 saturated carbocycles. The van der Waals surface area contributed by atoms with Crippen LogP contribution in [0.3, 0.4) is 0 Å². The van der Waals surface area contributed by atoms with Gasteiger partial charge < -0.3 is 19.3 Å². The first-order chi connectivity index (χ1) is 15.7. The Kier molecular flexibility index (Phi) is 5.27. The molecule has 3 atom stereocenters. The highest BCUT2D eigenvalue weighted by molar-refractivity contribution is 5.89. The Labute approximate surface area is 199 Å². The van der Waals surface area contributed by atoms with Crippen LogP contribution in [0.15, 0.2) is 35.3 Å². The van der Waals surface area contributed by atoms with Gasteiger partial charge in [0.25, 0.3) is 5.79 Å². The molecule has 4 rings (SSSR count). The van der Waals surface area contributed by atoms with Gasteiger partial charge in [0.05, 0.1) is 13.0 Å². The van der Waals surface area contributed by atoms with E-state index in [1.165, 1.54) is 19.6 Å². The van der Waals surface area contributed by atoms with Gasteiger partial charge in [-0.1, -0.05) is 65.8 Å². The Balaban J connectivity index is 2.14. The second kappa shape index (κ2) is 7.45. The van der Waals surface area contributed by atoms with Gasteiger partial charge in [0, 0.05) is 12.5 Å². The highest BCUT2D eigenvalue weighted by Gasteiger charge is 2.70. The van der Waals surface area contributed by atoms with E-state index in [1.807, 2.05) is 53.7 Å². The molecule has 0 amide bonds. The number of para-hydroxylation sites is 1. The average Bonchev–Trinajstić information content (AvgIpc) is 3.08. The van der Waals surface area contributed by atoms with Crippen molar-refractivity contribution in [1.29, 1.82) is 0 Å². The van der Waals surface area contributed by atoms with E-state index < -0.39 is 39.9 Å². The number of hydrogen-bond acceptors (Lipinski definition) is 6.